The molecule has 1 aliphatic carbocycles. The molecule has 0 saturated heterocycles. The summed E-state index contributed by atoms with van der Waals surface area (Å²) in [5, 5.41) is 13.3. The molecule has 0 amide bonds. The fourth-order valence-electron chi connectivity index (χ4n) is 2.26. The number of halogens is 1. The Labute approximate surface area is 168 Å². The zero-order valence-electron chi connectivity index (χ0n) is 14.6. The Morgan fingerprint density at radius 3 is 2.15 bits per heavy atom. The number of hydrogen-bond donors (Lipinski definition) is 1. The molecule has 4 aromatic heterocycles. The number of fused-ring (bicyclic) bond motifs is 2. The Kier molecular flexibility index (Phi) is 5.32. The fraction of sp³-hybridized carbons (Fsp3) is 0.333. The van der Waals surface area contributed by atoms with Gasteiger partial charge in [-0.25, -0.2) is 9.97 Å². The maximum absolute atomic E-state index is 5.82. The lowest BCUT2D eigenvalue weighted by atomic mass is 10.6. The molecule has 27 heavy (non-hydrogen) atoms. The first kappa shape index (κ1) is 18.3. The van der Waals surface area contributed by atoms with Crippen molar-refractivity contribution in [1.82, 2.24) is 39.2 Å². The average Bonchev–Trinajstić information content (AvgIpc) is 3.17. The van der Waals surface area contributed by atoms with Crippen LogP contribution in [0, 0.1) is 0 Å². The molecule has 0 aliphatic heterocycles. The van der Waals surface area contributed by atoms with Gasteiger partial charge in [-0.2, -0.15) is 29.2 Å². The van der Waals surface area contributed by atoms with Gasteiger partial charge in [0.1, 0.15) is 0 Å². The van der Waals surface area contributed by atoms with E-state index < -0.39 is 0 Å². The Morgan fingerprint density at radius 1 is 0.926 bits per heavy atom. The van der Waals surface area contributed by atoms with E-state index in [0.29, 0.717) is 16.5 Å². The van der Waals surface area contributed by atoms with E-state index in [1.807, 2.05) is 18.6 Å². The Hall–Kier alpha value is -2.11. The summed E-state index contributed by atoms with van der Waals surface area (Å²) < 4.78 is 3.24. The highest BCUT2D eigenvalue weighted by Gasteiger charge is 2.23. The van der Waals surface area contributed by atoms with Crippen LogP contribution in [0.4, 0.5) is 5.95 Å². The van der Waals surface area contributed by atoms with Crippen LogP contribution in [0.5, 0.6) is 0 Å². The van der Waals surface area contributed by atoms with Gasteiger partial charge in [-0.1, -0.05) is 23.5 Å². The fourth-order valence-corrected chi connectivity index (χ4v) is 3.25. The molecule has 0 atom stereocenters. The molecule has 0 aromatic carbocycles. The third kappa shape index (κ3) is 4.09. The molecule has 0 radical (unpaired) electrons. The second-order valence-corrected chi connectivity index (χ2v) is 7.52. The zero-order chi connectivity index (χ0) is 18.8. The minimum atomic E-state index is 0.342. The van der Waals surface area contributed by atoms with Crippen LogP contribution >= 0.6 is 35.1 Å². The van der Waals surface area contributed by atoms with Gasteiger partial charge >= 0.3 is 0 Å². The first-order valence-corrected chi connectivity index (χ1v) is 10.9. The molecule has 9 nitrogen and oxygen atoms in total. The van der Waals surface area contributed by atoms with Crippen LogP contribution in [-0.2, 0) is 0 Å². The molecule has 1 fully saturated rings. The third-order valence-corrected chi connectivity index (χ3v) is 5.05. The predicted octanol–water partition coefficient (Wildman–Crippen LogP) is 2.92. The molecule has 5 rings (SSSR count). The Balaban J connectivity index is 0.000000137. The second-order valence-electron chi connectivity index (χ2n) is 5.63. The van der Waals surface area contributed by atoms with Crippen molar-refractivity contribution in [1.29, 1.82) is 0 Å². The van der Waals surface area contributed by atoms with Crippen molar-refractivity contribution in [3.8, 4) is 0 Å². The topological polar surface area (TPSA) is 98.2 Å². The van der Waals surface area contributed by atoms with Crippen LogP contribution in [0.2, 0.25) is 5.28 Å². The number of hydrogen-bond acceptors (Lipinski definition) is 9. The van der Waals surface area contributed by atoms with Crippen LogP contribution in [0.3, 0.4) is 0 Å². The van der Waals surface area contributed by atoms with Gasteiger partial charge in [0, 0.05) is 18.2 Å². The van der Waals surface area contributed by atoms with Gasteiger partial charge in [0.2, 0.25) is 11.2 Å². The molecule has 0 bridgehead atoms. The smallest absolute Gasteiger partial charge is 0.228 e. The van der Waals surface area contributed by atoms with Crippen LogP contribution in [0.25, 0.3) is 11.3 Å². The van der Waals surface area contributed by atoms with E-state index in [2.05, 4.69) is 35.5 Å². The lowest BCUT2D eigenvalue weighted by Gasteiger charge is -2.06. The molecular weight excluding hydrogens is 406 g/mol. The lowest BCUT2D eigenvalue weighted by molar-refractivity contribution is 0.830. The SMILES string of the molecule is CSc1nc(Cl)n2nccc2n1.CSc1nc(NC2CC2)n2nccc2n1. The van der Waals surface area contributed by atoms with E-state index in [9.17, 15) is 0 Å². The van der Waals surface area contributed by atoms with Crippen molar-refractivity contribution in [3.63, 3.8) is 0 Å². The predicted molar refractivity (Wildman–Crippen MR) is 107 cm³/mol. The minimum Gasteiger partial charge on any atom is -0.351 e. The maximum atomic E-state index is 5.82. The van der Waals surface area contributed by atoms with Gasteiger partial charge in [-0.05, 0) is 37.0 Å². The van der Waals surface area contributed by atoms with E-state index in [-0.39, 0.29) is 0 Å². The number of anilines is 1. The summed E-state index contributed by atoms with van der Waals surface area (Å²) in [7, 11) is 0. The van der Waals surface area contributed by atoms with Gasteiger partial charge in [0.25, 0.3) is 0 Å². The molecule has 140 valence electrons. The van der Waals surface area contributed by atoms with Crippen molar-refractivity contribution in [2.45, 2.75) is 29.2 Å². The van der Waals surface area contributed by atoms with Crippen molar-refractivity contribution in [2.24, 2.45) is 0 Å². The number of nitrogens with one attached hydrogen (secondary N) is 1. The highest BCUT2D eigenvalue weighted by atomic mass is 35.5. The molecule has 1 aliphatic rings. The van der Waals surface area contributed by atoms with Crippen molar-refractivity contribution >= 4 is 52.4 Å². The summed E-state index contributed by atoms with van der Waals surface area (Å²) >= 11 is 8.82. The van der Waals surface area contributed by atoms with Crippen molar-refractivity contribution in [3.05, 3.63) is 29.8 Å². The van der Waals surface area contributed by atoms with Gasteiger partial charge in [0.05, 0.1) is 12.4 Å². The van der Waals surface area contributed by atoms with Crippen LogP contribution in [0.1, 0.15) is 12.8 Å². The summed E-state index contributed by atoms with van der Waals surface area (Å²) in [4.78, 5) is 17.0. The lowest BCUT2D eigenvalue weighted by Crippen LogP contribution is -2.10. The highest BCUT2D eigenvalue weighted by molar-refractivity contribution is 7.98. The first-order chi connectivity index (χ1) is 13.2. The Bertz CT molecular complexity index is 1080. The summed E-state index contributed by atoms with van der Waals surface area (Å²) in [6.07, 6.45) is 9.70. The molecule has 1 saturated carbocycles. The normalized spacial score (nSPS) is 13.6. The van der Waals surface area contributed by atoms with Crippen LogP contribution < -0.4 is 5.32 Å². The minimum absolute atomic E-state index is 0.342. The zero-order valence-corrected chi connectivity index (χ0v) is 17.0. The van der Waals surface area contributed by atoms with Gasteiger partial charge in [-0.15, -0.1) is 0 Å². The molecule has 4 heterocycles. The van der Waals surface area contributed by atoms with Crippen molar-refractivity contribution < 1.29 is 0 Å². The standard InChI is InChI=1S/C9H11N5S.C6H5ClN4S/c1-15-9-12-7-4-5-10-14(7)8(13-9)11-6-2-3-6;1-12-6-9-4-2-3-8-11(4)5(7)10-6/h4-6H,2-3H2,1H3,(H,11,12,13);2-3H,1H3. The van der Waals surface area contributed by atoms with E-state index in [0.717, 1.165) is 22.4 Å². The van der Waals surface area contributed by atoms with E-state index in [1.165, 1.54) is 29.1 Å². The highest BCUT2D eigenvalue weighted by Crippen LogP contribution is 2.24. The first-order valence-electron chi connectivity index (χ1n) is 8.11. The maximum Gasteiger partial charge on any atom is 0.228 e. The number of nitrogens with zero attached hydrogens (tertiary/aromatic N) is 8. The van der Waals surface area contributed by atoms with E-state index in [4.69, 9.17) is 11.6 Å². The number of thioether (sulfide) groups is 2. The number of aromatic nitrogens is 8. The molecule has 0 unspecified atom stereocenters. The van der Waals surface area contributed by atoms with Crippen LogP contribution in [-0.4, -0.2) is 57.7 Å². The third-order valence-electron chi connectivity index (χ3n) is 3.71. The van der Waals surface area contributed by atoms with Crippen molar-refractivity contribution in [2.75, 3.05) is 17.8 Å². The average molecular weight is 422 g/mol. The largest absolute Gasteiger partial charge is 0.351 e. The molecule has 12 heteroatoms. The summed E-state index contributed by atoms with van der Waals surface area (Å²) in [6, 6.07) is 4.24. The Morgan fingerprint density at radius 2 is 1.52 bits per heavy atom. The quantitative estimate of drug-likeness (QED) is 0.498. The summed E-state index contributed by atoms with van der Waals surface area (Å²) in [6.45, 7) is 0. The van der Waals surface area contributed by atoms with Crippen LogP contribution in [0.15, 0.2) is 34.8 Å². The van der Waals surface area contributed by atoms with E-state index >= 15 is 0 Å². The second kappa shape index (κ2) is 7.87. The molecular formula is C15H16ClN9S2. The van der Waals surface area contributed by atoms with Gasteiger partial charge < -0.3 is 5.32 Å². The summed E-state index contributed by atoms with van der Waals surface area (Å²) in [5.74, 6) is 0.803. The van der Waals surface area contributed by atoms with Gasteiger partial charge in [0.15, 0.2) is 21.6 Å². The van der Waals surface area contributed by atoms with Gasteiger partial charge in [-0.3, -0.25) is 0 Å². The molecule has 1 N–H and O–H groups in total. The number of rotatable bonds is 4. The summed E-state index contributed by atoms with van der Waals surface area (Å²) in [5.41, 5.74) is 1.57. The molecule has 4 aromatic rings. The monoisotopic (exact) mass is 421 g/mol. The van der Waals surface area contributed by atoms with E-state index in [1.54, 1.807) is 34.7 Å². The molecule has 0 spiro atoms.